The Kier molecular flexibility index (Phi) is 7.19. The first-order valence-corrected chi connectivity index (χ1v) is 12.1. The Balaban J connectivity index is 1.59. The zero-order valence-corrected chi connectivity index (χ0v) is 20.1. The zero-order valence-electron chi connectivity index (χ0n) is 20.1. The number of nitrogens with one attached hydrogen (secondary N) is 1. The second-order valence-corrected chi connectivity index (χ2v) is 9.25. The quantitative estimate of drug-likeness (QED) is 0.476. The molecule has 2 heterocycles. The van der Waals surface area contributed by atoms with E-state index in [-0.39, 0.29) is 5.91 Å². The van der Waals surface area contributed by atoms with Crippen molar-refractivity contribution in [1.82, 2.24) is 15.3 Å². The number of carbonyl (C=O) groups excluding carboxylic acids is 1. The lowest BCUT2D eigenvalue weighted by Gasteiger charge is -2.30. The van der Waals surface area contributed by atoms with Crippen LogP contribution in [0.2, 0.25) is 0 Å². The summed E-state index contributed by atoms with van der Waals surface area (Å²) in [5, 5.41) is 5.31. The third-order valence-electron chi connectivity index (χ3n) is 6.77. The summed E-state index contributed by atoms with van der Waals surface area (Å²) in [5.74, 6) is 0.335. The molecule has 1 N–H and O–H groups in total. The van der Waals surface area contributed by atoms with E-state index in [1.807, 2.05) is 30.3 Å². The van der Waals surface area contributed by atoms with Gasteiger partial charge in [0.2, 0.25) is 0 Å². The highest BCUT2D eigenvalue weighted by atomic mass is 16.2. The minimum atomic E-state index is -0.190. The van der Waals surface area contributed by atoms with E-state index in [4.69, 9.17) is 4.98 Å². The molecule has 0 spiro atoms. The van der Waals surface area contributed by atoms with Crippen molar-refractivity contribution in [2.75, 3.05) is 13.1 Å². The molecule has 3 aromatic rings. The van der Waals surface area contributed by atoms with Crippen LogP contribution >= 0.6 is 0 Å². The molecule has 33 heavy (non-hydrogen) atoms. The summed E-state index contributed by atoms with van der Waals surface area (Å²) in [6.07, 6.45) is 2.89. The van der Waals surface area contributed by atoms with Gasteiger partial charge in [0.05, 0.1) is 16.8 Å². The maximum Gasteiger partial charge on any atom is 0.272 e. The lowest BCUT2D eigenvalue weighted by atomic mass is 9.96. The van der Waals surface area contributed by atoms with E-state index in [1.165, 1.54) is 5.56 Å². The van der Waals surface area contributed by atoms with Crippen molar-refractivity contribution in [3.05, 3.63) is 65.7 Å². The van der Waals surface area contributed by atoms with Crippen molar-refractivity contribution in [3.8, 4) is 11.3 Å². The molecule has 0 saturated carbocycles. The summed E-state index contributed by atoms with van der Waals surface area (Å²) in [7, 11) is 0. The number of benzene rings is 2. The Hall–Kier alpha value is -3.05. The van der Waals surface area contributed by atoms with Gasteiger partial charge in [-0.3, -0.25) is 4.79 Å². The van der Waals surface area contributed by atoms with Crippen LogP contribution in [0, 0.1) is 0 Å². The van der Waals surface area contributed by atoms with Gasteiger partial charge in [-0.2, -0.15) is 5.10 Å². The summed E-state index contributed by atoms with van der Waals surface area (Å²) in [5.41, 5.74) is 8.41. The SMILES string of the molecule is CC[C@H](C)c1ccc(-c2cc(C(=O)NN=C3CCN(C(C)C)CC3)c3ccccc3n2)cc1. The highest BCUT2D eigenvalue weighted by molar-refractivity contribution is 6.07. The largest absolute Gasteiger partial charge is 0.300 e. The predicted octanol–water partition coefficient (Wildman–Crippen LogP) is 6.01. The summed E-state index contributed by atoms with van der Waals surface area (Å²) in [6.45, 7) is 10.8. The van der Waals surface area contributed by atoms with Crippen LogP contribution in [-0.4, -0.2) is 40.6 Å². The molecule has 4 rings (SSSR count). The number of pyridine rings is 1. The number of hydrazone groups is 1. The van der Waals surface area contributed by atoms with Gasteiger partial charge in [-0.1, -0.05) is 56.3 Å². The van der Waals surface area contributed by atoms with Crippen LogP contribution in [0.3, 0.4) is 0 Å². The number of para-hydroxylation sites is 1. The lowest BCUT2D eigenvalue weighted by molar-refractivity contribution is 0.0956. The molecule has 1 aliphatic heterocycles. The zero-order chi connectivity index (χ0) is 23.4. The summed E-state index contributed by atoms with van der Waals surface area (Å²) in [4.78, 5) is 20.5. The molecule has 1 aromatic heterocycles. The number of fused-ring (bicyclic) bond motifs is 1. The second kappa shape index (κ2) is 10.3. The molecule has 1 aliphatic rings. The molecule has 1 fully saturated rings. The predicted molar refractivity (Wildman–Crippen MR) is 137 cm³/mol. The van der Waals surface area contributed by atoms with Gasteiger partial charge in [0.15, 0.2) is 0 Å². The van der Waals surface area contributed by atoms with Gasteiger partial charge in [0.25, 0.3) is 5.91 Å². The number of rotatable bonds is 6. The van der Waals surface area contributed by atoms with E-state index in [9.17, 15) is 4.79 Å². The fraction of sp³-hybridized carbons (Fsp3) is 0.393. The maximum absolute atomic E-state index is 13.2. The van der Waals surface area contributed by atoms with E-state index >= 15 is 0 Å². The molecule has 1 amide bonds. The van der Waals surface area contributed by atoms with Crippen molar-refractivity contribution in [1.29, 1.82) is 0 Å². The summed E-state index contributed by atoms with van der Waals surface area (Å²) < 4.78 is 0. The molecular formula is C28H34N4O. The molecule has 0 bridgehead atoms. The first-order valence-electron chi connectivity index (χ1n) is 12.1. The molecule has 172 valence electrons. The van der Waals surface area contributed by atoms with Crippen LogP contribution < -0.4 is 5.43 Å². The standard InChI is InChI=1S/C28H34N4O/c1-5-20(4)21-10-12-22(13-11-21)27-18-25(24-8-6-7-9-26(24)29-27)28(33)31-30-23-14-16-32(17-15-23)19(2)3/h6-13,18-20H,5,14-17H2,1-4H3,(H,31,33)/t20-/m0/s1. The van der Waals surface area contributed by atoms with Crippen molar-refractivity contribution in [3.63, 3.8) is 0 Å². The van der Waals surface area contributed by atoms with Crippen LogP contribution in [0.4, 0.5) is 0 Å². The van der Waals surface area contributed by atoms with E-state index < -0.39 is 0 Å². The van der Waals surface area contributed by atoms with Crippen LogP contribution in [0.25, 0.3) is 22.2 Å². The number of hydrogen-bond acceptors (Lipinski definition) is 4. The molecular weight excluding hydrogens is 408 g/mol. The fourth-order valence-corrected chi connectivity index (χ4v) is 4.33. The van der Waals surface area contributed by atoms with Crippen LogP contribution in [0.15, 0.2) is 59.7 Å². The number of piperidine rings is 1. The van der Waals surface area contributed by atoms with Gasteiger partial charge in [0, 0.05) is 48.6 Å². The molecule has 0 radical (unpaired) electrons. The number of aromatic nitrogens is 1. The molecule has 1 atom stereocenters. The number of likely N-dealkylation sites (tertiary alicyclic amines) is 1. The number of amides is 1. The molecule has 0 unspecified atom stereocenters. The number of nitrogens with zero attached hydrogens (tertiary/aromatic N) is 3. The monoisotopic (exact) mass is 442 g/mol. The number of carbonyl (C=O) groups is 1. The summed E-state index contributed by atoms with van der Waals surface area (Å²) in [6, 6.07) is 18.7. The Morgan fingerprint density at radius 1 is 1.06 bits per heavy atom. The highest BCUT2D eigenvalue weighted by Gasteiger charge is 2.18. The molecule has 0 aliphatic carbocycles. The first kappa shape index (κ1) is 23.1. The van der Waals surface area contributed by atoms with Gasteiger partial charge in [0.1, 0.15) is 0 Å². The van der Waals surface area contributed by atoms with E-state index in [0.717, 1.165) is 60.2 Å². The third kappa shape index (κ3) is 5.31. The van der Waals surface area contributed by atoms with Crippen molar-refractivity contribution in [2.45, 2.75) is 58.9 Å². The Morgan fingerprint density at radius 2 is 1.76 bits per heavy atom. The Bertz CT molecular complexity index is 1140. The average Bonchev–Trinajstić information content (AvgIpc) is 2.86. The minimum absolute atomic E-state index is 0.190. The molecule has 1 saturated heterocycles. The normalized spacial score (nSPS) is 15.6. The van der Waals surface area contributed by atoms with E-state index in [1.54, 1.807) is 0 Å². The Labute approximate surface area is 196 Å². The third-order valence-corrected chi connectivity index (χ3v) is 6.77. The second-order valence-electron chi connectivity index (χ2n) is 9.25. The smallest absolute Gasteiger partial charge is 0.272 e. The topological polar surface area (TPSA) is 57.6 Å². The van der Waals surface area contributed by atoms with E-state index in [2.05, 4.69) is 67.4 Å². The van der Waals surface area contributed by atoms with Gasteiger partial charge in [-0.25, -0.2) is 10.4 Å². The summed E-state index contributed by atoms with van der Waals surface area (Å²) >= 11 is 0. The van der Waals surface area contributed by atoms with Crippen LogP contribution in [0.5, 0.6) is 0 Å². The molecule has 5 nitrogen and oxygen atoms in total. The molecule has 5 heteroatoms. The highest BCUT2D eigenvalue weighted by Crippen LogP contribution is 2.27. The number of hydrogen-bond donors (Lipinski definition) is 1. The average molecular weight is 443 g/mol. The van der Waals surface area contributed by atoms with E-state index in [0.29, 0.717) is 17.5 Å². The maximum atomic E-state index is 13.2. The van der Waals surface area contributed by atoms with Crippen molar-refractivity contribution >= 4 is 22.5 Å². The fourth-order valence-electron chi connectivity index (χ4n) is 4.33. The minimum Gasteiger partial charge on any atom is -0.300 e. The van der Waals surface area contributed by atoms with Gasteiger partial charge in [-0.15, -0.1) is 0 Å². The van der Waals surface area contributed by atoms with Gasteiger partial charge < -0.3 is 4.90 Å². The lowest BCUT2D eigenvalue weighted by Crippen LogP contribution is -2.39. The van der Waals surface area contributed by atoms with Crippen molar-refractivity contribution < 1.29 is 4.79 Å². The first-order chi connectivity index (χ1) is 16.0. The van der Waals surface area contributed by atoms with Gasteiger partial charge >= 0.3 is 0 Å². The van der Waals surface area contributed by atoms with Crippen molar-refractivity contribution in [2.24, 2.45) is 5.10 Å². The van der Waals surface area contributed by atoms with Crippen LogP contribution in [-0.2, 0) is 0 Å². The van der Waals surface area contributed by atoms with Crippen LogP contribution in [0.1, 0.15) is 68.8 Å². The Morgan fingerprint density at radius 3 is 2.42 bits per heavy atom. The van der Waals surface area contributed by atoms with Gasteiger partial charge in [-0.05, 0) is 43.9 Å². The molecule has 2 aromatic carbocycles.